The highest BCUT2D eigenvalue weighted by atomic mass is 19.1. The van der Waals surface area contributed by atoms with Crippen molar-refractivity contribution in [3.05, 3.63) is 78.4 Å². The van der Waals surface area contributed by atoms with Crippen molar-refractivity contribution in [2.45, 2.75) is 19.9 Å². The fraction of sp³-hybridized carbons (Fsp3) is 0.227. The predicted molar refractivity (Wildman–Crippen MR) is 116 cm³/mol. The molecule has 0 spiro atoms. The number of hydrogen-bond acceptors (Lipinski definition) is 3. The number of imidazole rings is 1. The molecule has 3 aromatic heterocycles. The number of aromatic nitrogens is 4. The van der Waals surface area contributed by atoms with Gasteiger partial charge in [0.15, 0.2) is 5.96 Å². The molecule has 154 valence electrons. The van der Waals surface area contributed by atoms with Gasteiger partial charge in [-0.3, -0.25) is 4.57 Å². The van der Waals surface area contributed by atoms with Crippen molar-refractivity contribution in [3.63, 3.8) is 0 Å². The molecule has 0 aliphatic carbocycles. The molecular weight excluding hydrogens is 381 g/mol. The molecule has 0 saturated carbocycles. The molecule has 0 fully saturated rings. The summed E-state index contributed by atoms with van der Waals surface area (Å²) in [7, 11) is 0. The van der Waals surface area contributed by atoms with Crippen molar-refractivity contribution >= 4 is 16.9 Å². The first-order chi connectivity index (χ1) is 14.7. The predicted octanol–water partition coefficient (Wildman–Crippen LogP) is 3.19. The van der Waals surface area contributed by atoms with Gasteiger partial charge in [0, 0.05) is 48.8 Å². The number of guanidine groups is 1. The molecule has 8 heteroatoms. The highest BCUT2D eigenvalue weighted by Gasteiger charge is 2.06. The highest BCUT2D eigenvalue weighted by Crippen LogP contribution is 2.19. The topological polar surface area (TPSA) is 82.9 Å². The van der Waals surface area contributed by atoms with E-state index in [0.29, 0.717) is 13.1 Å². The third-order valence-electron chi connectivity index (χ3n) is 4.76. The number of benzene rings is 1. The second-order valence-corrected chi connectivity index (χ2v) is 6.87. The van der Waals surface area contributed by atoms with Gasteiger partial charge in [0.2, 0.25) is 0 Å². The average Bonchev–Trinajstić information content (AvgIpc) is 3.42. The van der Waals surface area contributed by atoms with E-state index in [1.54, 1.807) is 18.7 Å². The standard InChI is InChI=1S/C22H24FN7/c1-2-25-22(27-8-6-17-14-28-20-12-18(23)3-4-19(17)20)29-13-16-5-7-26-21(11-16)30-10-9-24-15-30/h3-5,7,9-12,14-15,28H,2,6,8,13H2,1H3,(H2,25,27,29). The first-order valence-electron chi connectivity index (χ1n) is 9.94. The lowest BCUT2D eigenvalue weighted by Crippen LogP contribution is -2.38. The van der Waals surface area contributed by atoms with E-state index >= 15 is 0 Å². The van der Waals surface area contributed by atoms with Gasteiger partial charge in [-0.05, 0) is 54.8 Å². The first kappa shape index (κ1) is 19.6. The van der Waals surface area contributed by atoms with E-state index in [9.17, 15) is 4.39 Å². The minimum Gasteiger partial charge on any atom is -0.361 e. The molecule has 0 unspecified atom stereocenters. The van der Waals surface area contributed by atoms with Gasteiger partial charge in [-0.1, -0.05) is 0 Å². The quantitative estimate of drug-likeness (QED) is 0.326. The van der Waals surface area contributed by atoms with Crippen LogP contribution in [-0.4, -0.2) is 38.6 Å². The molecule has 4 rings (SSSR count). The SMILES string of the molecule is CCNC(=NCc1ccnc(-n2ccnc2)c1)NCCc1c[nH]c2cc(F)ccc12. The normalized spacial score (nSPS) is 11.7. The molecule has 4 aromatic rings. The van der Waals surface area contributed by atoms with Gasteiger partial charge in [-0.15, -0.1) is 0 Å². The fourth-order valence-corrected chi connectivity index (χ4v) is 3.29. The van der Waals surface area contributed by atoms with Crippen molar-refractivity contribution in [2.75, 3.05) is 13.1 Å². The summed E-state index contributed by atoms with van der Waals surface area (Å²) in [5.74, 6) is 1.33. The number of H-pyrrole nitrogens is 1. The Morgan fingerprint density at radius 1 is 1.20 bits per heavy atom. The lowest BCUT2D eigenvalue weighted by Gasteiger charge is -2.11. The Kier molecular flexibility index (Phi) is 6.03. The third kappa shape index (κ3) is 4.65. The summed E-state index contributed by atoms with van der Waals surface area (Å²) in [5, 5.41) is 7.68. The van der Waals surface area contributed by atoms with Gasteiger partial charge in [0.25, 0.3) is 0 Å². The van der Waals surface area contributed by atoms with Gasteiger partial charge in [-0.2, -0.15) is 0 Å². The second kappa shape index (κ2) is 9.21. The zero-order valence-corrected chi connectivity index (χ0v) is 16.8. The van der Waals surface area contributed by atoms with E-state index in [-0.39, 0.29) is 5.82 Å². The zero-order chi connectivity index (χ0) is 20.8. The molecule has 3 heterocycles. The Balaban J connectivity index is 1.38. The number of nitrogens with one attached hydrogen (secondary N) is 3. The van der Waals surface area contributed by atoms with Crippen LogP contribution in [0.5, 0.6) is 0 Å². The second-order valence-electron chi connectivity index (χ2n) is 6.87. The molecule has 0 amide bonds. The van der Waals surface area contributed by atoms with Crippen LogP contribution in [0.4, 0.5) is 4.39 Å². The van der Waals surface area contributed by atoms with Gasteiger partial charge in [-0.25, -0.2) is 19.4 Å². The Morgan fingerprint density at radius 3 is 2.97 bits per heavy atom. The Hall–Kier alpha value is -3.68. The summed E-state index contributed by atoms with van der Waals surface area (Å²) in [5.41, 5.74) is 3.02. The van der Waals surface area contributed by atoms with Crippen LogP contribution in [0.15, 0.2) is 66.4 Å². The molecule has 0 bridgehead atoms. The molecule has 0 saturated heterocycles. The molecule has 0 aliphatic heterocycles. The number of aliphatic imine (C=N–C) groups is 1. The van der Waals surface area contributed by atoms with Crippen molar-refractivity contribution < 1.29 is 4.39 Å². The number of rotatable bonds is 7. The molecule has 30 heavy (non-hydrogen) atoms. The van der Waals surface area contributed by atoms with Crippen LogP contribution in [0.25, 0.3) is 16.7 Å². The number of nitrogens with zero attached hydrogens (tertiary/aromatic N) is 4. The maximum atomic E-state index is 13.4. The van der Waals surface area contributed by atoms with E-state index in [4.69, 9.17) is 0 Å². The van der Waals surface area contributed by atoms with Crippen LogP contribution < -0.4 is 10.6 Å². The molecule has 0 radical (unpaired) electrons. The van der Waals surface area contributed by atoms with Crippen molar-refractivity contribution in [2.24, 2.45) is 4.99 Å². The summed E-state index contributed by atoms with van der Waals surface area (Å²) in [6.45, 7) is 4.06. The summed E-state index contributed by atoms with van der Waals surface area (Å²) < 4.78 is 15.2. The van der Waals surface area contributed by atoms with E-state index < -0.39 is 0 Å². The zero-order valence-electron chi connectivity index (χ0n) is 16.8. The van der Waals surface area contributed by atoms with Crippen LogP contribution in [0.1, 0.15) is 18.1 Å². The lowest BCUT2D eigenvalue weighted by atomic mass is 10.1. The molecular formula is C22H24FN7. The van der Waals surface area contributed by atoms with E-state index in [1.807, 2.05) is 42.1 Å². The number of aromatic amines is 1. The Labute approximate surface area is 174 Å². The fourth-order valence-electron chi connectivity index (χ4n) is 3.29. The van der Waals surface area contributed by atoms with E-state index in [0.717, 1.165) is 46.8 Å². The number of hydrogen-bond donors (Lipinski definition) is 3. The Bertz CT molecular complexity index is 1130. The summed E-state index contributed by atoms with van der Waals surface area (Å²) >= 11 is 0. The van der Waals surface area contributed by atoms with E-state index in [1.165, 1.54) is 12.1 Å². The number of fused-ring (bicyclic) bond motifs is 1. The molecule has 0 atom stereocenters. The minimum atomic E-state index is -0.233. The average molecular weight is 405 g/mol. The third-order valence-corrected chi connectivity index (χ3v) is 4.76. The van der Waals surface area contributed by atoms with Gasteiger partial charge in [0.05, 0.1) is 6.54 Å². The van der Waals surface area contributed by atoms with Gasteiger partial charge >= 0.3 is 0 Å². The van der Waals surface area contributed by atoms with E-state index in [2.05, 4.69) is 30.6 Å². The number of pyridine rings is 1. The van der Waals surface area contributed by atoms with Crippen molar-refractivity contribution in [3.8, 4) is 5.82 Å². The number of halogens is 1. The van der Waals surface area contributed by atoms with Crippen LogP contribution in [-0.2, 0) is 13.0 Å². The van der Waals surface area contributed by atoms with Gasteiger partial charge in [0.1, 0.15) is 18.0 Å². The van der Waals surface area contributed by atoms with Crippen molar-refractivity contribution in [1.29, 1.82) is 0 Å². The van der Waals surface area contributed by atoms with Crippen LogP contribution in [0, 0.1) is 5.82 Å². The smallest absolute Gasteiger partial charge is 0.191 e. The largest absolute Gasteiger partial charge is 0.361 e. The first-order valence-corrected chi connectivity index (χ1v) is 9.94. The molecule has 7 nitrogen and oxygen atoms in total. The maximum absolute atomic E-state index is 13.4. The van der Waals surface area contributed by atoms with Crippen LogP contribution in [0.3, 0.4) is 0 Å². The van der Waals surface area contributed by atoms with Crippen LogP contribution in [0.2, 0.25) is 0 Å². The molecule has 3 N–H and O–H groups in total. The van der Waals surface area contributed by atoms with Crippen molar-refractivity contribution in [1.82, 2.24) is 30.2 Å². The summed E-state index contributed by atoms with van der Waals surface area (Å²) in [4.78, 5) is 16.2. The van der Waals surface area contributed by atoms with Gasteiger partial charge < -0.3 is 15.6 Å². The van der Waals surface area contributed by atoms with Crippen LogP contribution >= 0.6 is 0 Å². The minimum absolute atomic E-state index is 0.233. The molecule has 0 aliphatic rings. The molecule has 1 aromatic carbocycles. The monoisotopic (exact) mass is 405 g/mol. The summed E-state index contributed by atoms with van der Waals surface area (Å²) in [6.07, 6.45) is 9.82. The maximum Gasteiger partial charge on any atom is 0.191 e. The highest BCUT2D eigenvalue weighted by molar-refractivity contribution is 5.83. The Morgan fingerprint density at radius 2 is 2.13 bits per heavy atom. The summed E-state index contributed by atoms with van der Waals surface area (Å²) in [6, 6.07) is 8.78. The lowest BCUT2D eigenvalue weighted by molar-refractivity contribution is 0.629.